The molecule has 0 saturated carbocycles. The first-order valence-electron chi connectivity index (χ1n) is 5.42. The predicted molar refractivity (Wildman–Crippen MR) is 67.0 cm³/mol. The second-order valence-corrected chi connectivity index (χ2v) is 4.42. The van der Waals surface area contributed by atoms with E-state index in [9.17, 15) is 9.59 Å². The van der Waals surface area contributed by atoms with E-state index in [-0.39, 0.29) is 13.3 Å². The number of carbonyl (C=O) groups is 2. The SMILES string of the molecule is O=C1OCN(C(=O)OCc2ccccc2)C1CBr. The number of ether oxygens (including phenoxy) is 2. The summed E-state index contributed by atoms with van der Waals surface area (Å²) in [6.45, 7) is 0.127. The number of alkyl halides is 1. The number of hydrogen-bond acceptors (Lipinski definition) is 4. The standard InChI is InChI=1S/C12H12BrNO4/c13-6-10-11(15)18-8-14(10)12(16)17-7-9-4-2-1-3-5-9/h1-5,10H,6-8H2. The Labute approximate surface area is 113 Å². The molecule has 0 bridgehead atoms. The maximum atomic E-state index is 11.8. The molecule has 5 nitrogen and oxygen atoms in total. The topological polar surface area (TPSA) is 55.8 Å². The molecule has 1 saturated heterocycles. The second-order valence-electron chi connectivity index (χ2n) is 3.77. The molecule has 2 rings (SSSR count). The minimum atomic E-state index is -0.603. The molecule has 1 aromatic carbocycles. The Balaban J connectivity index is 1.90. The van der Waals surface area contributed by atoms with Gasteiger partial charge in [-0.3, -0.25) is 4.90 Å². The molecule has 96 valence electrons. The van der Waals surface area contributed by atoms with Gasteiger partial charge in [0.15, 0.2) is 6.73 Å². The average molecular weight is 314 g/mol. The van der Waals surface area contributed by atoms with E-state index < -0.39 is 18.1 Å². The number of cyclic esters (lactones) is 1. The third kappa shape index (κ3) is 2.81. The quantitative estimate of drug-likeness (QED) is 0.632. The van der Waals surface area contributed by atoms with Gasteiger partial charge in [-0.15, -0.1) is 0 Å². The van der Waals surface area contributed by atoms with Crippen molar-refractivity contribution in [1.82, 2.24) is 4.90 Å². The fourth-order valence-electron chi connectivity index (χ4n) is 1.58. The Morgan fingerprint density at radius 2 is 2.17 bits per heavy atom. The molecule has 18 heavy (non-hydrogen) atoms. The fourth-order valence-corrected chi connectivity index (χ4v) is 2.19. The van der Waals surface area contributed by atoms with Gasteiger partial charge in [-0.25, -0.2) is 9.59 Å². The van der Waals surface area contributed by atoms with Crippen LogP contribution in [-0.4, -0.2) is 35.1 Å². The Morgan fingerprint density at radius 3 is 2.83 bits per heavy atom. The highest BCUT2D eigenvalue weighted by molar-refractivity contribution is 9.09. The largest absolute Gasteiger partial charge is 0.444 e. The number of benzene rings is 1. The smallest absolute Gasteiger partial charge is 0.413 e. The molecule has 1 aliphatic heterocycles. The van der Waals surface area contributed by atoms with Crippen molar-refractivity contribution in [3.8, 4) is 0 Å². The number of amides is 1. The minimum absolute atomic E-state index is 0.0529. The van der Waals surface area contributed by atoms with Gasteiger partial charge >= 0.3 is 12.1 Å². The van der Waals surface area contributed by atoms with Crippen molar-refractivity contribution in [1.29, 1.82) is 0 Å². The molecule has 1 unspecified atom stereocenters. The maximum absolute atomic E-state index is 11.8. The highest BCUT2D eigenvalue weighted by Crippen LogP contribution is 2.15. The van der Waals surface area contributed by atoms with Gasteiger partial charge in [0.05, 0.1) is 0 Å². The van der Waals surface area contributed by atoms with E-state index in [1.165, 1.54) is 4.90 Å². The lowest BCUT2D eigenvalue weighted by atomic mass is 10.2. The number of halogens is 1. The zero-order chi connectivity index (χ0) is 13.0. The van der Waals surface area contributed by atoms with Gasteiger partial charge in [-0.1, -0.05) is 46.3 Å². The Kier molecular flexibility index (Phi) is 4.19. The predicted octanol–water partition coefficient (Wildman–Crippen LogP) is 1.90. The summed E-state index contributed by atoms with van der Waals surface area (Å²) >= 11 is 3.17. The van der Waals surface area contributed by atoms with Crippen LogP contribution in [0.1, 0.15) is 5.56 Å². The van der Waals surface area contributed by atoms with E-state index in [0.29, 0.717) is 5.33 Å². The molecule has 0 aromatic heterocycles. The molecular formula is C12H12BrNO4. The lowest BCUT2D eigenvalue weighted by Crippen LogP contribution is -2.39. The molecule has 0 N–H and O–H groups in total. The van der Waals surface area contributed by atoms with E-state index in [0.717, 1.165) is 5.56 Å². The molecule has 0 radical (unpaired) electrons. The van der Waals surface area contributed by atoms with Crippen molar-refractivity contribution in [3.63, 3.8) is 0 Å². The molecule has 1 fully saturated rings. The Morgan fingerprint density at radius 1 is 1.44 bits per heavy atom. The van der Waals surface area contributed by atoms with Gasteiger partial charge in [-0.05, 0) is 5.56 Å². The molecule has 6 heteroatoms. The van der Waals surface area contributed by atoms with E-state index in [2.05, 4.69) is 15.9 Å². The van der Waals surface area contributed by atoms with E-state index >= 15 is 0 Å². The van der Waals surface area contributed by atoms with E-state index in [1.807, 2.05) is 30.3 Å². The zero-order valence-corrected chi connectivity index (χ0v) is 11.1. The molecule has 1 aromatic rings. The monoisotopic (exact) mass is 313 g/mol. The summed E-state index contributed by atoms with van der Waals surface area (Å²) in [6.07, 6.45) is -0.547. The van der Waals surface area contributed by atoms with Crippen LogP contribution in [0.3, 0.4) is 0 Å². The molecule has 1 aliphatic rings. The zero-order valence-electron chi connectivity index (χ0n) is 9.54. The molecule has 1 atom stereocenters. The first kappa shape index (κ1) is 12.9. The number of rotatable bonds is 3. The molecule has 1 amide bonds. The summed E-state index contributed by atoms with van der Waals surface area (Å²) in [7, 11) is 0. The third-order valence-electron chi connectivity index (χ3n) is 2.58. The van der Waals surface area contributed by atoms with Gasteiger partial charge in [0.2, 0.25) is 0 Å². The highest BCUT2D eigenvalue weighted by atomic mass is 79.9. The first-order valence-corrected chi connectivity index (χ1v) is 6.54. The van der Waals surface area contributed by atoms with Gasteiger partial charge < -0.3 is 9.47 Å². The van der Waals surface area contributed by atoms with Crippen LogP contribution in [0.25, 0.3) is 0 Å². The lowest BCUT2D eigenvalue weighted by molar-refractivity contribution is -0.138. The lowest BCUT2D eigenvalue weighted by Gasteiger charge is -2.17. The summed E-state index contributed by atoms with van der Waals surface area (Å²) in [6, 6.07) is 8.74. The average Bonchev–Trinajstić information content (AvgIpc) is 2.78. The van der Waals surface area contributed by atoms with Gasteiger partial charge in [0.25, 0.3) is 0 Å². The van der Waals surface area contributed by atoms with Crippen molar-refractivity contribution >= 4 is 28.0 Å². The van der Waals surface area contributed by atoms with Crippen molar-refractivity contribution < 1.29 is 19.1 Å². The summed E-state index contributed by atoms with van der Waals surface area (Å²) in [5, 5.41) is 0.340. The molecular weight excluding hydrogens is 302 g/mol. The highest BCUT2D eigenvalue weighted by Gasteiger charge is 2.37. The van der Waals surface area contributed by atoms with E-state index in [4.69, 9.17) is 9.47 Å². The number of hydrogen-bond donors (Lipinski definition) is 0. The summed E-state index contributed by atoms with van der Waals surface area (Å²) < 4.78 is 9.92. The fraction of sp³-hybridized carbons (Fsp3) is 0.333. The van der Waals surface area contributed by atoms with Crippen molar-refractivity contribution in [2.75, 3.05) is 12.1 Å². The number of nitrogens with zero attached hydrogens (tertiary/aromatic N) is 1. The van der Waals surface area contributed by atoms with Crippen molar-refractivity contribution in [2.45, 2.75) is 12.6 Å². The molecule has 1 heterocycles. The third-order valence-corrected chi connectivity index (χ3v) is 3.19. The Bertz CT molecular complexity index is 437. The molecule has 0 spiro atoms. The first-order chi connectivity index (χ1) is 8.72. The van der Waals surface area contributed by atoms with Crippen LogP contribution in [0.5, 0.6) is 0 Å². The number of esters is 1. The van der Waals surface area contributed by atoms with Crippen LogP contribution in [0.15, 0.2) is 30.3 Å². The van der Waals surface area contributed by atoms with Crippen molar-refractivity contribution in [3.05, 3.63) is 35.9 Å². The normalized spacial score (nSPS) is 18.6. The summed E-state index contributed by atoms with van der Waals surface area (Å²) in [5.41, 5.74) is 0.896. The van der Waals surface area contributed by atoms with E-state index in [1.54, 1.807) is 0 Å². The van der Waals surface area contributed by atoms with Gasteiger partial charge in [0, 0.05) is 5.33 Å². The van der Waals surface area contributed by atoms with Crippen LogP contribution in [0, 0.1) is 0 Å². The van der Waals surface area contributed by atoms with Crippen molar-refractivity contribution in [2.24, 2.45) is 0 Å². The van der Waals surface area contributed by atoms with Crippen LogP contribution >= 0.6 is 15.9 Å². The van der Waals surface area contributed by atoms with Crippen LogP contribution in [0.2, 0.25) is 0 Å². The van der Waals surface area contributed by atoms with Crippen LogP contribution in [-0.2, 0) is 20.9 Å². The summed E-state index contributed by atoms with van der Waals surface area (Å²) in [5.74, 6) is -0.413. The maximum Gasteiger partial charge on any atom is 0.413 e. The Hall–Kier alpha value is -1.56. The van der Waals surface area contributed by atoms with Crippen LogP contribution in [0.4, 0.5) is 4.79 Å². The second kappa shape index (κ2) is 5.86. The summed E-state index contributed by atoms with van der Waals surface area (Å²) in [4.78, 5) is 24.3. The molecule has 0 aliphatic carbocycles. The van der Waals surface area contributed by atoms with Gasteiger partial charge in [-0.2, -0.15) is 0 Å². The van der Waals surface area contributed by atoms with Gasteiger partial charge in [0.1, 0.15) is 12.6 Å². The number of carbonyl (C=O) groups excluding carboxylic acids is 2. The van der Waals surface area contributed by atoms with Crippen LogP contribution < -0.4 is 0 Å². The minimum Gasteiger partial charge on any atom is -0.444 e.